The molecule has 25 heavy (non-hydrogen) atoms. The summed E-state index contributed by atoms with van der Waals surface area (Å²) in [5, 5.41) is 3.73. The van der Waals surface area contributed by atoms with E-state index in [1.54, 1.807) is 0 Å². The van der Waals surface area contributed by atoms with Crippen molar-refractivity contribution in [2.45, 2.75) is 52.4 Å². The summed E-state index contributed by atoms with van der Waals surface area (Å²) in [6, 6.07) is 10.9. The van der Waals surface area contributed by atoms with Gasteiger partial charge in [0.2, 0.25) is 0 Å². The van der Waals surface area contributed by atoms with Gasteiger partial charge in [-0.15, -0.1) is 0 Å². The van der Waals surface area contributed by atoms with Gasteiger partial charge < -0.3 is 0 Å². The molecule has 0 fully saturated rings. The maximum absolute atomic E-state index is 4.68. The fourth-order valence-corrected chi connectivity index (χ4v) is 4.74. The first-order valence-electron chi connectivity index (χ1n) is 8.78. The normalized spacial score (nSPS) is 19.6. The van der Waals surface area contributed by atoms with Crippen molar-refractivity contribution in [1.82, 2.24) is 4.98 Å². The van der Waals surface area contributed by atoms with Gasteiger partial charge in [-0.3, -0.25) is 4.98 Å². The molecule has 0 atom stereocenters. The monoisotopic (exact) mass is 509 g/mol. The predicted octanol–water partition coefficient (Wildman–Crippen LogP) is 6.16. The number of fused-ring (bicyclic) bond motifs is 5. The Balaban J connectivity index is 0.00000182. The number of hydrogen-bond acceptors (Lipinski definition) is 1. The molecule has 0 amide bonds. The molecule has 0 bridgehead atoms. The Labute approximate surface area is 164 Å². The average molecular weight is 509 g/mol. The summed E-state index contributed by atoms with van der Waals surface area (Å²) in [5.41, 5.74) is 5.43. The van der Waals surface area contributed by atoms with Crippen molar-refractivity contribution in [3.8, 4) is 0 Å². The van der Waals surface area contributed by atoms with E-state index >= 15 is 0 Å². The first kappa shape index (κ1) is 18.4. The number of benzene rings is 2. The predicted molar refractivity (Wildman–Crippen MR) is 104 cm³/mol. The molecular formula is C23H26IrN-. The van der Waals surface area contributed by atoms with Crippen LogP contribution in [0, 0.1) is 12.3 Å². The van der Waals surface area contributed by atoms with Crippen molar-refractivity contribution in [2.24, 2.45) is 5.41 Å². The molecule has 0 saturated carbocycles. The van der Waals surface area contributed by atoms with Gasteiger partial charge in [0.1, 0.15) is 0 Å². The Bertz CT molecular complexity index is 996. The Morgan fingerprint density at radius 1 is 0.920 bits per heavy atom. The van der Waals surface area contributed by atoms with Gasteiger partial charge >= 0.3 is 0 Å². The molecule has 0 spiro atoms. The van der Waals surface area contributed by atoms with E-state index in [-0.39, 0.29) is 36.4 Å². The Morgan fingerprint density at radius 3 is 2.28 bits per heavy atom. The smallest absolute Gasteiger partial charge is 0.0262 e. The van der Waals surface area contributed by atoms with Crippen LogP contribution in [0.1, 0.15) is 58.2 Å². The summed E-state index contributed by atoms with van der Waals surface area (Å²) in [7, 11) is 0. The summed E-state index contributed by atoms with van der Waals surface area (Å²) < 4.78 is 0. The first-order chi connectivity index (χ1) is 11.1. The quantitative estimate of drug-likeness (QED) is 0.262. The third kappa shape index (κ3) is 2.04. The van der Waals surface area contributed by atoms with Crippen molar-refractivity contribution in [2.75, 3.05) is 0 Å². The molecule has 0 aliphatic heterocycles. The molecule has 1 aliphatic carbocycles. The van der Waals surface area contributed by atoms with Gasteiger partial charge in [-0.05, 0) is 27.7 Å². The largest absolute Gasteiger partial charge is 0.269 e. The minimum Gasteiger partial charge on any atom is -0.269 e. The van der Waals surface area contributed by atoms with Gasteiger partial charge in [0.25, 0.3) is 0 Å². The van der Waals surface area contributed by atoms with Crippen LogP contribution in [-0.2, 0) is 30.9 Å². The molecule has 1 nitrogen and oxygen atoms in total. The molecule has 1 heterocycles. The minimum absolute atomic E-state index is 0. The van der Waals surface area contributed by atoms with Crippen molar-refractivity contribution >= 4 is 21.7 Å². The second-order valence-corrected chi connectivity index (χ2v) is 8.90. The fourth-order valence-electron chi connectivity index (χ4n) is 4.74. The molecule has 1 aliphatic rings. The van der Waals surface area contributed by atoms with E-state index in [9.17, 15) is 0 Å². The fraction of sp³-hybridized carbons (Fsp3) is 0.391. The molecular weight excluding hydrogens is 482 g/mol. The minimum atomic E-state index is 0. The number of pyridine rings is 1. The van der Waals surface area contributed by atoms with Gasteiger partial charge in [-0.2, -0.15) is 18.6 Å². The van der Waals surface area contributed by atoms with Crippen molar-refractivity contribution in [1.29, 1.82) is 0 Å². The van der Waals surface area contributed by atoms with Gasteiger partial charge in [-0.25, -0.2) is 0 Å². The Morgan fingerprint density at radius 2 is 1.60 bits per heavy atom. The molecule has 1 aromatic heterocycles. The van der Waals surface area contributed by atoms with E-state index < -0.39 is 0 Å². The van der Waals surface area contributed by atoms with Crippen LogP contribution in [0.4, 0.5) is 0 Å². The van der Waals surface area contributed by atoms with Crippen molar-refractivity contribution in [3.63, 3.8) is 0 Å². The van der Waals surface area contributed by atoms with Crippen LogP contribution in [0.15, 0.2) is 36.5 Å². The van der Waals surface area contributed by atoms with Crippen LogP contribution in [0.2, 0.25) is 0 Å². The summed E-state index contributed by atoms with van der Waals surface area (Å²) >= 11 is 0. The van der Waals surface area contributed by atoms with E-state index in [2.05, 4.69) is 77.7 Å². The van der Waals surface area contributed by atoms with Crippen LogP contribution in [-0.4, -0.2) is 4.98 Å². The number of nitrogens with zero attached hydrogens (tertiary/aromatic N) is 1. The van der Waals surface area contributed by atoms with Crippen LogP contribution in [0.25, 0.3) is 21.7 Å². The molecule has 3 aromatic rings. The summed E-state index contributed by atoms with van der Waals surface area (Å²) in [6.45, 7) is 18.8. The maximum atomic E-state index is 4.68. The standard InChI is InChI=1S/C23H26N.Ir/c1-14-13-17-19(22(4,5)23(6,7)21(17,2)3)16-11-10-15-9-8-12-24-20(15)18(14)16;/h8-13H,1H2,2-7H3;/q-1;. The molecule has 0 N–H and O–H groups in total. The summed E-state index contributed by atoms with van der Waals surface area (Å²) in [4.78, 5) is 4.68. The first-order valence-corrected chi connectivity index (χ1v) is 8.78. The van der Waals surface area contributed by atoms with E-state index in [1.807, 2.05) is 12.3 Å². The SMILES string of the molecule is [CH2-]c1cc2c(c3ccc4cccnc4c13)C(C)(C)C(C)(C)C2(C)C.[Ir]. The van der Waals surface area contributed by atoms with Crippen molar-refractivity contribution in [3.05, 3.63) is 60.1 Å². The third-order valence-corrected chi connectivity index (χ3v) is 7.38. The maximum Gasteiger partial charge on any atom is 0.0262 e. The number of rotatable bonds is 0. The van der Waals surface area contributed by atoms with Gasteiger partial charge in [0.15, 0.2) is 0 Å². The van der Waals surface area contributed by atoms with Gasteiger partial charge in [0.05, 0.1) is 0 Å². The zero-order chi connectivity index (χ0) is 17.5. The molecule has 0 unspecified atom stereocenters. The van der Waals surface area contributed by atoms with Gasteiger partial charge in [0, 0.05) is 31.8 Å². The molecule has 1 radical (unpaired) electrons. The number of hydrogen-bond donors (Lipinski definition) is 0. The van der Waals surface area contributed by atoms with Gasteiger partial charge in [-0.1, -0.05) is 81.6 Å². The Hall–Kier alpha value is -1.37. The third-order valence-electron chi connectivity index (χ3n) is 7.38. The topological polar surface area (TPSA) is 12.9 Å². The second-order valence-electron chi connectivity index (χ2n) is 8.90. The molecule has 4 rings (SSSR count). The van der Waals surface area contributed by atoms with Crippen molar-refractivity contribution < 1.29 is 20.1 Å². The van der Waals surface area contributed by atoms with Crippen LogP contribution in [0.3, 0.4) is 0 Å². The van der Waals surface area contributed by atoms with E-state index in [1.165, 1.54) is 27.3 Å². The second kappa shape index (κ2) is 5.32. The molecule has 2 aromatic carbocycles. The Kier molecular flexibility index (Phi) is 3.92. The molecule has 0 saturated heterocycles. The summed E-state index contributed by atoms with van der Waals surface area (Å²) in [5.74, 6) is 0. The average Bonchev–Trinajstić information content (AvgIpc) is 2.62. The van der Waals surface area contributed by atoms with Crippen LogP contribution >= 0.6 is 0 Å². The molecule has 2 heteroatoms. The van der Waals surface area contributed by atoms with E-state index in [0.717, 1.165) is 11.1 Å². The zero-order valence-corrected chi connectivity index (χ0v) is 18.3. The van der Waals surface area contributed by atoms with Crippen LogP contribution in [0.5, 0.6) is 0 Å². The van der Waals surface area contributed by atoms with Crippen LogP contribution < -0.4 is 0 Å². The number of aromatic nitrogens is 1. The van der Waals surface area contributed by atoms with E-state index in [4.69, 9.17) is 0 Å². The molecule has 133 valence electrons. The zero-order valence-electron chi connectivity index (χ0n) is 16.0. The van der Waals surface area contributed by atoms with E-state index in [0.29, 0.717) is 0 Å². The summed E-state index contributed by atoms with van der Waals surface area (Å²) in [6.07, 6.45) is 1.88.